The first-order chi connectivity index (χ1) is 16.5. The van der Waals surface area contributed by atoms with Gasteiger partial charge in [-0.3, -0.25) is 9.59 Å². The molecule has 34 heavy (non-hydrogen) atoms. The van der Waals surface area contributed by atoms with Gasteiger partial charge in [0, 0.05) is 30.8 Å². The van der Waals surface area contributed by atoms with E-state index in [1.165, 1.54) is 0 Å². The number of ether oxygens (including phenoxy) is 2. The van der Waals surface area contributed by atoms with E-state index < -0.39 is 6.16 Å². The second kappa shape index (κ2) is 10.8. The Bertz CT molecular complexity index is 1160. The molecule has 0 aliphatic carbocycles. The van der Waals surface area contributed by atoms with Gasteiger partial charge < -0.3 is 19.7 Å². The average Bonchev–Trinajstić information content (AvgIpc) is 2.87. The number of piperidine rings is 1. The molecule has 176 valence electrons. The minimum atomic E-state index is -0.773. The molecule has 0 saturated carbocycles. The van der Waals surface area contributed by atoms with Crippen molar-refractivity contribution in [1.82, 2.24) is 10.2 Å². The Morgan fingerprint density at radius 3 is 2.38 bits per heavy atom. The van der Waals surface area contributed by atoms with Gasteiger partial charge in [-0.2, -0.15) is 0 Å². The summed E-state index contributed by atoms with van der Waals surface area (Å²) in [7, 11) is 0. The van der Waals surface area contributed by atoms with E-state index in [-0.39, 0.29) is 18.4 Å². The van der Waals surface area contributed by atoms with Gasteiger partial charge in [-0.1, -0.05) is 36.4 Å². The number of nitrogens with one attached hydrogen (secondary N) is 1. The third-order valence-electron chi connectivity index (χ3n) is 6.05. The zero-order valence-corrected chi connectivity index (χ0v) is 19.2. The second-order valence-electron chi connectivity index (χ2n) is 8.28. The molecule has 1 fully saturated rings. The normalized spacial score (nSPS) is 14.0. The summed E-state index contributed by atoms with van der Waals surface area (Å²) in [5.74, 6) is 0.506. The Morgan fingerprint density at radius 1 is 0.941 bits per heavy atom. The molecule has 1 saturated heterocycles. The third kappa shape index (κ3) is 5.54. The molecule has 0 atom stereocenters. The van der Waals surface area contributed by atoms with Crippen LogP contribution in [0.1, 0.15) is 40.5 Å². The maximum Gasteiger partial charge on any atom is 0.513 e. The number of carbonyl (C=O) groups excluding carboxylic acids is 3. The van der Waals surface area contributed by atoms with Crippen molar-refractivity contribution < 1.29 is 23.9 Å². The Labute approximate surface area is 198 Å². The quantitative estimate of drug-likeness (QED) is 0.427. The van der Waals surface area contributed by atoms with Crippen LogP contribution in [0, 0.1) is 5.92 Å². The first-order valence-electron chi connectivity index (χ1n) is 11.5. The van der Waals surface area contributed by atoms with E-state index in [0.717, 1.165) is 29.2 Å². The molecule has 1 heterocycles. The number of nitrogens with zero attached hydrogens (tertiary/aromatic N) is 1. The minimum Gasteiger partial charge on any atom is -0.434 e. The molecule has 0 radical (unpaired) electrons. The molecule has 3 aromatic carbocycles. The molecule has 1 aliphatic heterocycles. The van der Waals surface area contributed by atoms with E-state index in [1.54, 1.807) is 31.2 Å². The highest BCUT2D eigenvalue weighted by molar-refractivity contribution is 6.07. The van der Waals surface area contributed by atoms with Crippen LogP contribution in [0.3, 0.4) is 0 Å². The molecule has 7 nitrogen and oxygen atoms in total. The highest BCUT2D eigenvalue weighted by Crippen LogP contribution is 2.23. The molecule has 1 aliphatic rings. The fraction of sp³-hybridized carbons (Fsp3) is 0.296. The lowest BCUT2D eigenvalue weighted by Gasteiger charge is -2.32. The maximum absolute atomic E-state index is 13.1. The topological polar surface area (TPSA) is 84.9 Å². The molecule has 7 heteroatoms. The van der Waals surface area contributed by atoms with Crippen LogP contribution in [0.2, 0.25) is 0 Å². The molecule has 2 amide bonds. The monoisotopic (exact) mass is 460 g/mol. The van der Waals surface area contributed by atoms with E-state index >= 15 is 0 Å². The van der Waals surface area contributed by atoms with Crippen LogP contribution in [-0.2, 0) is 4.74 Å². The zero-order valence-electron chi connectivity index (χ0n) is 19.2. The van der Waals surface area contributed by atoms with Crippen LogP contribution in [-0.4, -0.2) is 49.1 Å². The first kappa shape index (κ1) is 23.3. The number of amides is 2. The lowest BCUT2D eigenvalue weighted by atomic mass is 9.95. The fourth-order valence-corrected chi connectivity index (χ4v) is 4.18. The van der Waals surface area contributed by atoms with Crippen molar-refractivity contribution in [2.45, 2.75) is 19.8 Å². The van der Waals surface area contributed by atoms with Gasteiger partial charge in [0.2, 0.25) is 0 Å². The molecule has 1 N–H and O–H groups in total. The number of carbonyl (C=O) groups is 3. The molecule has 0 bridgehead atoms. The van der Waals surface area contributed by atoms with Gasteiger partial charge in [-0.25, -0.2) is 4.79 Å². The number of hydrogen-bond acceptors (Lipinski definition) is 5. The number of rotatable bonds is 6. The van der Waals surface area contributed by atoms with Crippen molar-refractivity contribution in [2.75, 3.05) is 26.2 Å². The second-order valence-corrected chi connectivity index (χ2v) is 8.28. The van der Waals surface area contributed by atoms with Crippen LogP contribution in [0.25, 0.3) is 10.8 Å². The Kier molecular flexibility index (Phi) is 7.42. The zero-order chi connectivity index (χ0) is 23.9. The smallest absolute Gasteiger partial charge is 0.434 e. The minimum absolute atomic E-state index is 0.0596. The van der Waals surface area contributed by atoms with Crippen LogP contribution < -0.4 is 10.1 Å². The van der Waals surface area contributed by atoms with Gasteiger partial charge in [0.15, 0.2) is 0 Å². The van der Waals surface area contributed by atoms with Crippen LogP contribution in [0.4, 0.5) is 4.79 Å². The van der Waals surface area contributed by atoms with Crippen molar-refractivity contribution in [3.05, 3.63) is 77.9 Å². The van der Waals surface area contributed by atoms with Gasteiger partial charge in [-0.15, -0.1) is 0 Å². The van der Waals surface area contributed by atoms with E-state index in [4.69, 9.17) is 9.47 Å². The van der Waals surface area contributed by atoms with Gasteiger partial charge in [0.25, 0.3) is 11.8 Å². The SMILES string of the molecule is CCOC(=O)Oc1ccc(C(=O)NCC2CCN(C(=O)c3cccc4ccccc34)CC2)cc1. The van der Waals surface area contributed by atoms with E-state index in [0.29, 0.717) is 36.9 Å². The lowest BCUT2D eigenvalue weighted by molar-refractivity contribution is 0.0686. The third-order valence-corrected chi connectivity index (χ3v) is 6.05. The highest BCUT2D eigenvalue weighted by atomic mass is 16.7. The Morgan fingerprint density at radius 2 is 1.65 bits per heavy atom. The van der Waals surface area contributed by atoms with Crippen molar-refractivity contribution in [1.29, 1.82) is 0 Å². The molecule has 3 aromatic rings. The van der Waals surface area contributed by atoms with Gasteiger partial charge >= 0.3 is 6.16 Å². The van der Waals surface area contributed by atoms with Crippen molar-refractivity contribution >= 4 is 28.7 Å². The summed E-state index contributed by atoms with van der Waals surface area (Å²) in [5, 5.41) is 5.01. The van der Waals surface area contributed by atoms with Gasteiger partial charge in [0.05, 0.1) is 6.61 Å². The van der Waals surface area contributed by atoms with Gasteiger partial charge in [0.1, 0.15) is 5.75 Å². The van der Waals surface area contributed by atoms with E-state index in [2.05, 4.69) is 5.32 Å². The summed E-state index contributed by atoms with van der Waals surface area (Å²) in [6.07, 6.45) is 0.900. The summed E-state index contributed by atoms with van der Waals surface area (Å²) < 4.78 is 9.74. The molecule has 4 rings (SSSR count). The van der Waals surface area contributed by atoms with Crippen molar-refractivity contribution in [2.24, 2.45) is 5.92 Å². The molecule has 0 unspecified atom stereocenters. The largest absolute Gasteiger partial charge is 0.513 e. The molecule has 0 aromatic heterocycles. The summed E-state index contributed by atoms with van der Waals surface area (Å²) in [6, 6.07) is 20.1. The maximum atomic E-state index is 13.1. The lowest BCUT2D eigenvalue weighted by Crippen LogP contribution is -2.41. The van der Waals surface area contributed by atoms with Crippen LogP contribution in [0.5, 0.6) is 5.75 Å². The summed E-state index contributed by atoms with van der Waals surface area (Å²) in [6.45, 7) is 3.82. The van der Waals surface area contributed by atoms with Crippen molar-refractivity contribution in [3.8, 4) is 5.75 Å². The van der Waals surface area contributed by atoms with E-state index in [1.807, 2.05) is 47.4 Å². The standard InChI is InChI=1S/C27H28N2O5/c1-2-33-27(32)34-22-12-10-21(11-13-22)25(30)28-18-19-14-16-29(17-15-19)26(31)24-9-5-7-20-6-3-4-8-23(20)24/h3-13,19H,2,14-18H2,1H3,(H,28,30). The van der Waals surface area contributed by atoms with E-state index in [9.17, 15) is 14.4 Å². The Balaban J connectivity index is 1.26. The predicted octanol–water partition coefficient (Wildman–Crippen LogP) is 4.66. The number of benzene rings is 3. The highest BCUT2D eigenvalue weighted by Gasteiger charge is 2.25. The van der Waals surface area contributed by atoms with Gasteiger partial charge in [-0.05, 0) is 66.8 Å². The Hall–Kier alpha value is -3.87. The van der Waals surface area contributed by atoms with Crippen LogP contribution >= 0.6 is 0 Å². The van der Waals surface area contributed by atoms with Crippen molar-refractivity contribution in [3.63, 3.8) is 0 Å². The number of likely N-dealkylation sites (tertiary alicyclic amines) is 1. The predicted molar refractivity (Wildman–Crippen MR) is 129 cm³/mol. The first-order valence-corrected chi connectivity index (χ1v) is 11.5. The summed E-state index contributed by atoms with van der Waals surface area (Å²) >= 11 is 0. The molecule has 0 spiro atoms. The molecular formula is C27H28N2O5. The fourth-order valence-electron chi connectivity index (χ4n) is 4.18. The molecular weight excluding hydrogens is 432 g/mol. The number of fused-ring (bicyclic) bond motifs is 1. The summed E-state index contributed by atoms with van der Waals surface area (Å²) in [5.41, 5.74) is 1.22. The summed E-state index contributed by atoms with van der Waals surface area (Å²) in [4.78, 5) is 38.9. The number of hydrogen-bond donors (Lipinski definition) is 1. The average molecular weight is 461 g/mol. The van der Waals surface area contributed by atoms with Crippen LogP contribution in [0.15, 0.2) is 66.7 Å².